The molecular formula is C16H10Cl2FN3O2S. The maximum Gasteiger partial charge on any atom is 0.277 e. The molecule has 0 saturated heterocycles. The predicted molar refractivity (Wildman–Crippen MR) is 96.3 cm³/mol. The maximum absolute atomic E-state index is 13.8. The molecule has 0 saturated carbocycles. The SMILES string of the molecule is COc1ccc(-c2csc(NC(=O)c3nc(Cl)ccc3Cl)n2)cc1F. The second-order valence-corrected chi connectivity index (χ2v) is 6.46. The molecule has 0 aliphatic carbocycles. The first kappa shape index (κ1) is 17.6. The minimum Gasteiger partial charge on any atom is -0.494 e. The largest absolute Gasteiger partial charge is 0.494 e. The summed E-state index contributed by atoms with van der Waals surface area (Å²) in [6.07, 6.45) is 0. The van der Waals surface area contributed by atoms with Crippen LogP contribution in [0.2, 0.25) is 10.2 Å². The van der Waals surface area contributed by atoms with Crippen LogP contribution in [-0.4, -0.2) is 23.0 Å². The van der Waals surface area contributed by atoms with Gasteiger partial charge >= 0.3 is 0 Å². The van der Waals surface area contributed by atoms with Crippen LogP contribution in [0.3, 0.4) is 0 Å². The Labute approximate surface area is 156 Å². The van der Waals surface area contributed by atoms with Gasteiger partial charge in [-0.05, 0) is 30.3 Å². The number of carbonyl (C=O) groups is 1. The monoisotopic (exact) mass is 397 g/mol. The van der Waals surface area contributed by atoms with Crippen LogP contribution in [0.1, 0.15) is 10.5 Å². The summed E-state index contributed by atoms with van der Waals surface area (Å²) in [4.78, 5) is 20.4. The third-order valence-electron chi connectivity index (χ3n) is 3.20. The lowest BCUT2D eigenvalue weighted by atomic mass is 10.1. The van der Waals surface area contributed by atoms with E-state index in [0.717, 1.165) is 0 Å². The fourth-order valence-corrected chi connectivity index (χ4v) is 3.08. The zero-order valence-corrected chi connectivity index (χ0v) is 15.0. The van der Waals surface area contributed by atoms with E-state index in [0.29, 0.717) is 16.4 Å². The molecule has 0 unspecified atom stereocenters. The molecular weight excluding hydrogens is 388 g/mol. The summed E-state index contributed by atoms with van der Waals surface area (Å²) in [7, 11) is 1.39. The molecule has 0 atom stereocenters. The number of methoxy groups -OCH3 is 1. The number of carbonyl (C=O) groups excluding carboxylic acids is 1. The number of halogens is 3. The highest BCUT2D eigenvalue weighted by molar-refractivity contribution is 7.14. The van der Waals surface area contributed by atoms with E-state index in [4.69, 9.17) is 27.9 Å². The van der Waals surface area contributed by atoms with Crippen LogP contribution in [0, 0.1) is 5.82 Å². The number of hydrogen-bond donors (Lipinski definition) is 1. The Kier molecular flexibility index (Phi) is 5.17. The topological polar surface area (TPSA) is 64.1 Å². The molecule has 1 aromatic carbocycles. The lowest BCUT2D eigenvalue weighted by Crippen LogP contribution is -2.14. The summed E-state index contributed by atoms with van der Waals surface area (Å²) in [5.41, 5.74) is 1.09. The quantitative estimate of drug-likeness (QED) is 0.635. The molecule has 2 aromatic heterocycles. The number of anilines is 1. The standard InChI is InChI=1S/C16H10Cl2FN3O2S/c1-24-12-4-2-8(6-10(12)19)11-7-25-16(20-11)22-15(23)14-9(17)3-5-13(18)21-14/h2-7H,1H3,(H,20,22,23). The van der Waals surface area contributed by atoms with Crippen molar-refractivity contribution < 1.29 is 13.9 Å². The first-order chi connectivity index (χ1) is 12.0. The number of rotatable bonds is 4. The van der Waals surface area contributed by atoms with Gasteiger partial charge in [0.05, 0.1) is 17.8 Å². The van der Waals surface area contributed by atoms with Crippen molar-refractivity contribution in [1.82, 2.24) is 9.97 Å². The highest BCUT2D eigenvalue weighted by Crippen LogP contribution is 2.29. The molecule has 9 heteroatoms. The molecule has 0 radical (unpaired) electrons. The summed E-state index contributed by atoms with van der Waals surface area (Å²) < 4.78 is 18.7. The second kappa shape index (κ2) is 7.35. The van der Waals surface area contributed by atoms with Gasteiger partial charge in [0.15, 0.2) is 16.7 Å². The molecule has 25 heavy (non-hydrogen) atoms. The van der Waals surface area contributed by atoms with Gasteiger partial charge in [-0.2, -0.15) is 0 Å². The molecule has 0 bridgehead atoms. The van der Waals surface area contributed by atoms with Gasteiger partial charge in [0, 0.05) is 10.9 Å². The number of ether oxygens (including phenoxy) is 1. The average molecular weight is 398 g/mol. The lowest BCUT2D eigenvalue weighted by Gasteiger charge is -2.04. The van der Waals surface area contributed by atoms with Crippen molar-refractivity contribution in [2.24, 2.45) is 0 Å². The minimum absolute atomic E-state index is 0.00130. The Bertz CT molecular complexity index is 949. The van der Waals surface area contributed by atoms with Gasteiger partial charge in [0.2, 0.25) is 0 Å². The van der Waals surface area contributed by atoms with Crippen LogP contribution >= 0.6 is 34.5 Å². The Hall–Kier alpha value is -2.22. The van der Waals surface area contributed by atoms with Gasteiger partial charge in [-0.3, -0.25) is 10.1 Å². The molecule has 128 valence electrons. The van der Waals surface area contributed by atoms with Crippen molar-refractivity contribution >= 4 is 45.6 Å². The first-order valence-electron chi connectivity index (χ1n) is 6.91. The molecule has 0 fully saturated rings. The van der Waals surface area contributed by atoms with E-state index in [1.165, 1.54) is 42.7 Å². The first-order valence-corrected chi connectivity index (χ1v) is 8.54. The number of nitrogens with zero attached hydrogens (tertiary/aromatic N) is 2. The summed E-state index contributed by atoms with van der Waals surface area (Å²) in [5.74, 6) is -0.878. The van der Waals surface area contributed by atoms with Gasteiger partial charge in [-0.15, -0.1) is 11.3 Å². The van der Waals surface area contributed by atoms with Gasteiger partial charge in [0.25, 0.3) is 5.91 Å². The molecule has 1 N–H and O–H groups in total. The number of amides is 1. The fourth-order valence-electron chi connectivity index (χ4n) is 2.02. The average Bonchev–Trinajstić information content (AvgIpc) is 3.05. The van der Waals surface area contributed by atoms with E-state index in [9.17, 15) is 9.18 Å². The number of nitrogens with one attached hydrogen (secondary N) is 1. The van der Waals surface area contributed by atoms with E-state index in [-0.39, 0.29) is 21.6 Å². The molecule has 0 aliphatic rings. The number of thiazole rings is 1. The Morgan fingerprint density at radius 1 is 1.24 bits per heavy atom. The smallest absolute Gasteiger partial charge is 0.277 e. The number of pyridine rings is 1. The van der Waals surface area contributed by atoms with E-state index in [1.807, 2.05) is 0 Å². The number of aromatic nitrogens is 2. The van der Waals surface area contributed by atoms with Gasteiger partial charge < -0.3 is 4.74 Å². The van der Waals surface area contributed by atoms with E-state index in [1.54, 1.807) is 11.4 Å². The molecule has 1 amide bonds. The van der Waals surface area contributed by atoms with E-state index >= 15 is 0 Å². The number of hydrogen-bond acceptors (Lipinski definition) is 5. The minimum atomic E-state index is -0.533. The molecule has 0 aliphatic heterocycles. The summed E-state index contributed by atoms with van der Waals surface area (Å²) >= 11 is 12.9. The van der Waals surface area contributed by atoms with Crippen LogP contribution in [0.4, 0.5) is 9.52 Å². The highest BCUT2D eigenvalue weighted by Gasteiger charge is 2.15. The van der Waals surface area contributed by atoms with Crippen LogP contribution in [0.5, 0.6) is 5.75 Å². The van der Waals surface area contributed by atoms with Gasteiger partial charge in [-0.1, -0.05) is 23.2 Å². The third-order valence-corrected chi connectivity index (χ3v) is 4.47. The lowest BCUT2D eigenvalue weighted by molar-refractivity contribution is 0.102. The van der Waals surface area contributed by atoms with Crippen molar-refractivity contribution in [3.8, 4) is 17.0 Å². The molecule has 2 heterocycles. The fraction of sp³-hybridized carbons (Fsp3) is 0.0625. The third kappa shape index (κ3) is 3.89. The van der Waals surface area contributed by atoms with Crippen LogP contribution < -0.4 is 10.1 Å². The Balaban J connectivity index is 1.81. The zero-order valence-electron chi connectivity index (χ0n) is 12.7. The van der Waals surface area contributed by atoms with Crippen molar-refractivity contribution in [1.29, 1.82) is 0 Å². The molecule has 0 spiro atoms. The van der Waals surface area contributed by atoms with Crippen molar-refractivity contribution in [2.45, 2.75) is 0 Å². The summed E-state index contributed by atoms with van der Waals surface area (Å²) in [6, 6.07) is 7.48. The van der Waals surface area contributed by atoms with Crippen LogP contribution in [0.25, 0.3) is 11.3 Å². The predicted octanol–water partition coefficient (Wildman–Crippen LogP) is 4.91. The van der Waals surface area contributed by atoms with Crippen molar-refractivity contribution in [3.05, 3.63) is 57.4 Å². The summed E-state index contributed by atoms with van der Waals surface area (Å²) in [6.45, 7) is 0. The molecule has 3 aromatic rings. The van der Waals surface area contributed by atoms with Crippen LogP contribution in [0.15, 0.2) is 35.7 Å². The maximum atomic E-state index is 13.8. The molecule has 3 rings (SSSR count). The van der Waals surface area contributed by atoms with Gasteiger partial charge in [0.1, 0.15) is 10.8 Å². The Morgan fingerprint density at radius 2 is 2.04 bits per heavy atom. The van der Waals surface area contributed by atoms with Crippen molar-refractivity contribution in [2.75, 3.05) is 12.4 Å². The zero-order chi connectivity index (χ0) is 18.0. The van der Waals surface area contributed by atoms with E-state index in [2.05, 4.69) is 15.3 Å². The Morgan fingerprint density at radius 3 is 2.76 bits per heavy atom. The normalized spacial score (nSPS) is 10.6. The van der Waals surface area contributed by atoms with Crippen LogP contribution in [-0.2, 0) is 0 Å². The second-order valence-electron chi connectivity index (χ2n) is 4.81. The number of benzene rings is 1. The highest BCUT2D eigenvalue weighted by atomic mass is 35.5. The van der Waals surface area contributed by atoms with Gasteiger partial charge in [-0.25, -0.2) is 14.4 Å². The van der Waals surface area contributed by atoms with E-state index < -0.39 is 11.7 Å². The van der Waals surface area contributed by atoms with Crippen molar-refractivity contribution in [3.63, 3.8) is 0 Å². The molecule has 5 nitrogen and oxygen atoms in total. The summed E-state index contributed by atoms with van der Waals surface area (Å²) in [5, 5.41) is 4.96.